The van der Waals surface area contributed by atoms with Crippen LogP contribution in [0.2, 0.25) is 0 Å². The van der Waals surface area contributed by atoms with Gasteiger partial charge in [-0.1, -0.05) is 32.1 Å². The summed E-state index contributed by atoms with van der Waals surface area (Å²) < 4.78 is 17.1. The number of rotatable bonds is 9. The van der Waals surface area contributed by atoms with Crippen molar-refractivity contribution in [1.82, 2.24) is 10.3 Å². The Morgan fingerprint density at radius 3 is 2.27 bits per heavy atom. The number of amides is 1. The van der Waals surface area contributed by atoms with E-state index in [4.69, 9.17) is 19.0 Å². The van der Waals surface area contributed by atoms with Gasteiger partial charge in [-0.05, 0) is 81.3 Å². The number of carbonyl (C=O) groups excluding carboxylic acids is 2. The lowest BCUT2D eigenvalue weighted by molar-refractivity contribution is -0.110. The van der Waals surface area contributed by atoms with Gasteiger partial charge in [0, 0.05) is 65.8 Å². The number of nitrogens with one attached hydrogen (secondary N) is 2. The number of benzene rings is 3. The molecule has 2 atom stereocenters. The zero-order chi connectivity index (χ0) is 34.7. The Balaban J connectivity index is 0.000000446. The van der Waals surface area contributed by atoms with E-state index in [1.54, 1.807) is 20.4 Å². The fraction of sp³-hybridized carbons (Fsp3) is 0.342. The van der Waals surface area contributed by atoms with Crippen molar-refractivity contribution in [3.05, 3.63) is 85.1 Å². The van der Waals surface area contributed by atoms with Crippen molar-refractivity contribution in [2.45, 2.75) is 45.6 Å². The lowest BCUT2D eigenvalue weighted by atomic mass is 10.1. The van der Waals surface area contributed by atoms with Crippen LogP contribution in [0.1, 0.15) is 39.5 Å². The highest BCUT2D eigenvalue weighted by molar-refractivity contribution is 5.88. The molecule has 0 radical (unpaired) electrons. The number of nitrogens with two attached hydrogens (primary N) is 1. The predicted octanol–water partition coefficient (Wildman–Crippen LogP) is 7.26. The molecule has 4 aromatic rings. The molecule has 0 spiro atoms. The minimum absolute atomic E-state index is 0.236. The van der Waals surface area contributed by atoms with E-state index in [9.17, 15) is 4.79 Å². The van der Waals surface area contributed by atoms with Gasteiger partial charge in [0.2, 0.25) is 6.41 Å². The normalized spacial score (nSPS) is 16.1. The number of primary amides is 1. The number of likely N-dealkylation sites (N-methyl/N-ethyl adjacent to an activating group) is 1. The average molecular weight is 656 g/mol. The molecule has 10 nitrogen and oxygen atoms in total. The minimum atomic E-state index is 0.236. The number of piperidine rings is 1. The first-order chi connectivity index (χ1) is 23.5. The van der Waals surface area contributed by atoms with Crippen LogP contribution in [-0.4, -0.2) is 58.1 Å². The summed E-state index contributed by atoms with van der Waals surface area (Å²) in [6.07, 6.45) is 11.6. The molecule has 1 aliphatic heterocycles. The van der Waals surface area contributed by atoms with Gasteiger partial charge in [-0.15, -0.1) is 0 Å². The number of nitrogens with zero attached hydrogens (tertiary/aromatic N) is 2. The first-order valence-corrected chi connectivity index (χ1v) is 16.4. The van der Waals surface area contributed by atoms with E-state index in [1.165, 1.54) is 18.5 Å². The number of hydrogen-bond donors (Lipinski definition) is 3. The highest BCUT2D eigenvalue weighted by Crippen LogP contribution is 2.37. The van der Waals surface area contributed by atoms with Crippen LogP contribution in [0.5, 0.6) is 23.0 Å². The van der Waals surface area contributed by atoms with Crippen LogP contribution in [0.25, 0.3) is 10.9 Å². The molecule has 2 unspecified atom stereocenters. The van der Waals surface area contributed by atoms with E-state index in [0.717, 1.165) is 60.2 Å². The van der Waals surface area contributed by atoms with Gasteiger partial charge in [0.05, 0.1) is 19.7 Å². The molecule has 1 amide bonds. The summed E-state index contributed by atoms with van der Waals surface area (Å²) in [4.78, 5) is 25.4. The van der Waals surface area contributed by atoms with E-state index in [2.05, 4.69) is 56.6 Å². The number of methoxy groups -OCH3 is 2. The van der Waals surface area contributed by atoms with Crippen molar-refractivity contribution in [1.29, 1.82) is 0 Å². The number of ether oxygens (including phenoxy) is 3. The molecule has 0 bridgehead atoms. The first-order valence-electron chi connectivity index (χ1n) is 16.4. The summed E-state index contributed by atoms with van der Waals surface area (Å²) in [6.45, 7) is 6.15. The van der Waals surface area contributed by atoms with Crippen LogP contribution in [0, 0.1) is 5.92 Å². The third-order valence-electron chi connectivity index (χ3n) is 7.84. The monoisotopic (exact) mass is 655 g/mol. The van der Waals surface area contributed by atoms with Crippen molar-refractivity contribution < 1.29 is 23.8 Å². The molecule has 1 fully saturated rings. The molecule has 2 aliphatic rings. The van der Waals surface area contributed by atoms with Gasteiger partial charge in [-0.3, -0.25) is 9.78 Å². The molecule has 256 valence electrons. The van der Waals surface area contributed by atoms with Crippen molar-refractivity contribution in [2.75, 3.05) is 44.6 Å². The topological polar surface area (TPSA) is 128 Å². The highest BCUT2D eigenvalue weighted by Gasteiger charge is 2.18. The van der Waals surface area contributed by atoms with Gasteiger partial charge in [0.25, 0.3) is 0 Å². The standard InChI is InChI=1S/C29H32N4O3.C6H8O.C2H6.CH3NO/c1-30-22-7-5-15-33(19-22)23-11-9-20(10-12-23)32-21-6-4-8-24(16-21)36-27-13-14-31-26-18-29(35-3)28(34-2)17-25(26)27;7-5-6-3-1-2-4-6;1-2;2-1-3/h4,6,8-14,16-18,22,30,32H,5,7,15,19H2,1-3H3;1,3,5-6H,2,4H2;1-2H3;1H,(H2,2,3). The Kier molecular flexibility index (Phi) is 15.7. The molecule has 48 heavy (non-hydrogen) atoms. The number of aromatic nitrogens is 1. The van der Waals surface area contributed by atoms with Crippen LogP contribution >= 0.6 is 0 Å². The Hall–Kier alpha value is -5.09. The van der Waals surface area contributed by atoms with Gasteiger partial charge < -0.3 is 40.3 Å². The van der Waals surface area contributed by atoms with E-state index < -0.39 is 0 Å². The van der Waals surface area contributed by atoms with Gasteiger partial charge in [0.1, 0.15) is 17.8 Å². The number of allylic oxidation sites excluding steroid dienone is 2. The van der Waals surface area contributed by atoms with Crippen molar-refractivity contribution in [3.63, 3.8) is 0 Å². The lowest BCUT2D eigenvalue weighted by Gasteiger charge is -2.34. The second kappa shape index (κ2) is 20.2. The molecular formula is C38H49N5O5. The Morgan fingerprint density at radius 2 is 1.65 bits per heavy atom. The van der Waals surface area contributed by atoms with Crippen LogP contribution in [0.15, 0.2) is 85.1 Å². The number of fused-ring (bicyclic) bond motifs is 1. The maximum Gasteiger partial charge on any atom is 0.204 e. The molecule has 3 aromatic carbocycles. The number of pyridine rings is 1. The summed E-state index contributed by atoms with van der Waals surface area (Å²) in [6, 6.07) is 22.7. The highest BCUT2D eigenvalue weighted by atomic mass is 16.5. The third-order valence-corrected chi connectivity index (χ3v) is 7.84. The van der Waals surface area contributed by atoms with Crippen molar-refractivity contribution >= 4 is 40.7 Å². The number of carbonyl (C=O) groups is 2. The van der Waals surface area contributed by atoms with Crippen LogP contribution in [0.4, 0.5) is 17.1 Å². The van der Waals surface area contributed by atoms with Crippen LogP contribution in [-0.2, 0) is 9.59 Å². The predicted molar refractivity (Wildman–Crippen MR) is 195 cm³/mol. The quantitative estimate of drug-likeness (QED) is 0.126. The van der Waals surface area contributed by atoms with Crippen LogP contribution in [0.3, 0.4) is 0 Å². The lowest BCUT2D eigenvalue weighted by Crippen LogP contribution is -2.44. The zero-order valence-corrected chi connectivity index (χ0v) is 28.6. The summed E-state index contributed by atoms with van der Waals surface area (Å²) in [7, 11) is 5.28. The van der Waals surface area contributed by atoms with Gasteiger partial charge >= 0.3 is 0 Å². The summed E-state index contributed by atoms with van der Waals surface area (Å²) in [5, 5.41) is 7.75. The van der Waals surface area contributed by atoms with Gasteiger partial charge in [-0.25, -0.2) is 0 Å². The zero-order valence-electron chi connectivity index (χ0n) is 28.6. The largest absolute Gasteiger partial charge is 0.493 e. The first kappa shape index (κ1) is 37.4. The van der Waals surface area contributed by atoms with E-state index in [-0.39, 0.29) is 12.3 Å². The maximum absolute atomic E-state index is 9.96. The average Bonchev–Trinajstić information content (AvgIpc) is 3.68. The van der Waals surface area contributed by atoms with Crippen molar-refractivity contribution in [3.8, 4) is 23.0 Å². The molecule has 1 saturated heterocycles. The van der Waals surface area contributed by atoms with E-state index in [1.807, 2.05) is 69.4 Å². The molecule has 2 heterocycles. The van der Waals surface area contributed by atoms with Gasteiger partial charge in [0.15, 0.2) is 11.5 Å². The molecule has 1 aliphatic carbocycles. The molecule has 6 rings (SSSR count). The third kappa shape index (κ3) is 10.7. The summed E-state index contributed by atoms with van der Waals surface area (Å²) in [5.74, 6) is 2.93. The maximum atomic E-state index is 9.96. The Bertz CT molecular complexity index is 1590. The van der Waals surface area contributed by atoms with Crippen LogP contribution < -0.4 is 35.5 Å². The smallest absolute Gasteiger partial charge is 0.204 e. The molecule has 4 N–H and O–H groups in total. The molecule has 0 saturated carbocycles. The summed E-state index contributed by atoms with van der Waals surface area (Å²) >= 11 is 0. The fourth-order valence-electron chi connectivity index (χ4n) is 5.44. The number of aldehydes is 1. The van der Waals surface area contributed by atoms with E-state index in [0.29, 0.717) is 23.3 Å². The second-order valence-electron chi connectivity index (χ2n) is 10.9. The van der Waals surface area contributed by atoms with Crippen molar-refractivity contribution in [2.24, 2.45) is 11.7 Å². The van der Waals surface area contributed by atoms with E-state index >= 15 is 0 Å². The minimum Gasteiger partial charge on any atom is -0.493 e. The molecule has 1 aromatic heterocycles. The Labute approximate surface area is 284 Å². The molecular weight excluding hydrogens is 606 g/mol. The fourth-order valence-corrected chi connectivity index (χ4v) is 5.44. The van der Waals surface area contributed by atoms with Gasteiger partial charge in [-0.2, -0.15) is 0 Å². The Morgan fingerprint density at radius 1 is 0.917 bits per heavy atom. The summed E-state index contributed by atoms with van der Waals surface area (Å²) in [5.41, 5.74) is 8.18. The number of hydrogen-bond acceptors (Lipinski definition) is 9. The SMILES string of the molecule is CC.CNC1CCCN(c2ccc(Nc3cccc(Oc4ccnc5cc(OC)c(OC)cc45)c3)cc2)C1.NC=O.O=CC1C=CCC1. The number of anilines is 3. The molecule has 10 heteroatoms. The second-order valence-corrected chi connectivity index (χ2v) is 10.9.